The van der Waals surface area contributed by atoms with Gasteiger partial charge >= 0.3 is 5.97 Å². The van der Waals surface area contributed by atoms with Crippen LogP contribution in [0.4, 0.5) is 0 Å². The van der Waals surface area contributed by atoms with Crippen molar-refractivity contribution >= 4 is 17.8 Å². The Bertz CT molecular complexity index is 942. The molecule has 8 heteroatoms. The van der Waals surface area contributed by atoms with Gasteiger partial charge in [-0.25, -0.2) is 4.79 Å². The van der Waals surface area contributed by atoms with Gasteiger partial charge in [0.1, 0.15) is 6.04 Å². The maximum atomic E-state index is 13.1. The monoisotopic (exact) mass is 424 g/mol. The molecule has 164 valence electrons. The van der Waals surface area contributed by atoms with Gasteiger partial charge in [0.2, 0.25) is 11.8 Å². The fraction of sp³-hybridized carbons (Fsp3) is 0.565. The van der Waals surface area contributed by atoms with Gasteiger partial charge in [-0.1, -0.05) is 19.1 Å². The molecule has 3 saturated heterocycles. The highest BCUT2D eigenvalue weighted by atomic mass is 16.4. The highest BCUT2D eigenvalue weighted by molar-refractivity contribution is 5.88. The zero-order valence-electron chi connectivity index (χ0n) is 17.9. The van der Waals surface area contributed by atoms with Gasteiger partial charge in [-0.15, -0.1) is 0 Å². The summed E-state index contributed by atoms with van der Waals surface area (Å²) in [7, 11) is 0. The smallest absolute Gasteiger partial charge is 0.335 e. The van der Waals surface area contributed by atoms with Gasteiger partial charge in [0, 0.05) is 31.6 Å². The lowest BCUT2D eigenvalue weighted by Crippen LogP contribution is -2.53. The Hall–Kier alpha value is -2.92. The minimum Gasteiger partial charge on any atom is -0.478 e. The number of nitriles is 1. The second-order valence-corrected chi connectivity index (χ2v) is 8.93. The number of amides is 2. The molecule has 3 heterocycles. The molecule has 8 nitrogen and oxygen atoms in total. The maximum Gasteiger partial charge on any atom is 0.335 e. The first-order chi connectivity index (χ1) is 14.8. The minimum absolute atomic E-state index is 0.00465. The molecule has 3 aliphatic heterocycles. The Morgan fingerprint density at radius 1 is 1.32 bits per heavy atom. The summed E-state index contributed by atoms with van der Waals surface area (Å²) >= 11 is 0. The summed E-state index contributed by atoms with van der Waals surface area (Å²) in [6.45, 7) is 5.66. The van der Waals surface area contributed by atoms with Crippen LogP contribution in [-0.4, -0.2) is 75.3 Å². The Kier molecular flexibility index (Phi) is 5.71. The predicted octanol–water partition coefficient (Wildman–Crippen LogP) is 1.88. The van der Waals surface area contributed by atoms with Crippen molar-refractivity contribution in [3.8, 4) is 6.07 Å². The van der Waals surface area contributed by atoms with Crippen molar-refractivity contribution in [2.24, 2.45) is 5.92 Å². The van der Waals surface area contributed by atoms with E-state index in [0.29, 0.717) is 19.6 Å². The third-order valence-corrected chi connectivity index (χ3v) is 6.96. The van der Waals surface area contributed by atoms with E-state index < -0.39 is 5.97 Å². The number of hydrogen-bond donors (Lipinski definition) is 1. The van der Waals surface area contributed by atoms with Crippen LogP contribution in [0, 0.1) is 17.2 Å². The van der Waals surface area contributed by atoms with Gasteiger partial charge in [0.15, 0.2) is 0 Å². The molecule has 3 aliphatic rings. The van der Waals surface area contributed by atoms with E-state index in [4.69, 9.17) is 0 Å². The van der Waals surface area contributed by atoms with Gasteiger partial charge in [-0.3, -0.25) is 14.5 Å². The highest BCUT2D eigenvalue weighted by Gasteiger charge is 2.51. The fourth-order valence-corrected chi connectivity index (χ4v) is 5.37. The Balaban J connectivity index is 1.41. The van der Waals surface area contributed by atoms with E-state index in [9.17, 15) is 24.8 Å². The number of fused-ring (bicyclic) bond motifs is 2. The Morgan fingerprint density at radius 2 is 2.10 bits per heavy atom. The molecule has 5 atom stereocenters. The summed E-state index contributed by atoms with van der Waals surface area (Å²) in [5.74, 6) is -1.21. The van der Waals surface area contributed by atoms with Crippen molar-refractivity contribution in [2.45, 2.75) is 57.3 Å². The summed E-state index contributed by atoms with van der Waals surface area (Å²) in [4.78, 5) is 42.9. The van der Waals surface area contributed by atoms with Crippen molar-refractivity contribution in [1.29, 1.82) is 5.26 Å². The molecule has 2 amide bonds. The number of rotatable bonds is 6. The van der Waals surface area contributed by atoms with Crippen LogP contribution in [-0.2, 0) is 9.59 Å². The average Bonchev–Trinajstić information content (AvgIpc) is 3.47. The van der Waals surface area contributed by atoms with E-state index in [2.05, 4.69) is 11.0 Å². The Labute approximate surface area is 182 Å². The summed E-state index contributed by atoms with van der Waals surface area (Å²) in [5.41, 5.74) is 1.03. The number of carbonyl (C=O) groups excluding carboxylic acids is 2. The third-order valence-electron chi connectivity index (χ3n) is 6.96. The summed E-state index contributed by atoms with van der Waals surface area (Å²) in [6.07, 6.45) is 2.32. The van der Waals surface area contributed by atoms with Crippen LogP contribution in [0.1, 0.15) is 55.1 Å². The van der Waals surface area contributed by atoms with Crippen molar-refractivity contribution < 1.29 is 19.5 Å². The van der Waals surface area contributed by atoms with E-state index in [1.54, 1.807) is 23.1 Å². The second-order valence-electron chi connectivity index (χ2n) is 8.93. The maximum absolute atomic E-state index is 13.1. The van der Waals surface area contributed by atoms with E-state index in [1.165, 1.54) is 0 Å². The summed E-state index contributed by atoms with van der Waals surface area (Å²) in [6, 6.07) is 8.25. The van der Waals surface area contributed by atoms with Crippen molar-refractivity contribution in [3.05, 3.63) is 35.4 Å². The van der Waals surface area contributed by atoms with Crippen molar-refractivity contribution in [2.75, 3.05) is 19.6 Å². The molecule has 0 aliphatic carbocycles. The number of likely N-dealkylation sites (tertiary alicyclic amines) is 3. The zero-order valence-corrected chi connectivity index (χ0v) is 17.9. The molecule has 0 unspecified atom stereocenters. The number of piperazine rings is 1. The average molecular weight is 425 g/mol. The normalized spacial score (nSPS) is 27.4. The van der Waals surface area contributed by atoms with Gasteiger partial charge in [-0.2, -0.15) is 5.26 Å². The largest absolute Gasteiger partial charge is 0.478 e. The van der Waals surface area contributed by atoms with Gasteiger partial charge in [-0.05, 0) is 43.9 Å². The van der Waals surface area contributed by atoms with Crippen molar-refractivity contribution in [3.63, 3.8) is 0 Å². The molecule has 0 aromatic heterocycles. The topological polar surface area (TPSA) is 105 Å². The number of nitrogens with zero attached hydrogens (tertiary/aromatic N) is 4. The second kappa shape index (κ2) is 8.31. The zero-order chi connectivity index (χ0) is 22.3. The first kappa shape index (κ1) is 21.3. The first-order valence-corrected chi connectivity index (χ1v) is 10.9. The van der Waals surface area contributed by atoms with Crippen LogP contribution in [0.15, 0.2) is 24.3 Å². The van der Waals surface area contributed by atoms with Gasteiger partial charge in [0.25, 0.3) is 0 Å². The molecular formula is C23H28N4O4. The van der Waals surface area contributed by atoms with Crippen LogP contribution < -0.4 is 0 Å². The lowest BCUT2D eigenvalue weighted by atomic mass is 10.0. The molecular weight excluding hydrogens is 396 g/mol. The standard InChI is InChI=1S/C23H28N4O4/c1-14(21(28)26-8-4-7-18(26)11-24)12-25-13-19-10-20(25)22(29)27(19)15(2)16-5-3-6-17(9-16)23(30)31/h3,5-6,9,14-15,18-20H,4,7-8,10,12-13H2,1-2H3,(H,30,31)/t14-,15+,18-,19+,20+/m0/s1. The molecule has 4 rings (SSSR count). The highest BCUT2D eigenvalue weighted by Crippen LogP contribution is 2.38. The van der Waals surface area contributed by atoms with E-state index in [1.807, 2.05) is 24.8 Å². The number of benzene rings is 1. The fourth-order valence-electron chi connectivity index (χ4n) is 5.37. The van der Waals surface area contributed by atoms with Crippen LogP contribution >= 0.6 is 0 Å². The summed E-state index contributed by atoms with van der Waals surface area (Å²) in [5, 5.41) is 18.5. The van der Waals surface area contributed by atoms with E-state index >= 15 is 0 Å². The van der Waals surface area contributed by atoms with Crippen LogP contribution in [0.2, 0.25) is 0 Å². The SMILES string of the molecule is C[C@H](c1cccc(C(=O)O)c1)N1C(=O)[C@H]2C[C@@H]1CN2C[C@H](C)C(=O)N1CCC[C@H]1C#N. The van der Waals surface area contributed by atoms with E-state index in [0.717, 1.165) is 24.8 Å². The molecule has 0 saturated carbocycles. The molecule has 3 fully saturated rings. The van der Waals surface area contributed by atoms with Crippen LogP contribution in [0.25, 0.3) is 0 Å². The molecule has 0 radical (unpaired) electrons. The number of carboxylic acid groups (broad SMARTS) is 1. The molecule has 31 heavy (non-hydrogen) atoms. The predicted molar refractivity (Wildman–Crippen MR) is 112 cm³/mol. The lowest BCUT2D eigenvalue weighted by Gasteiger charge is -2.38. The van der Waals surface area contributed by atoms with Crippen molar-refractivity contribution in [1.82, 2.24) is 14.7 Å². The molecule has 0 spiro atoms. The van der Waals surface area contributed by atoms with Crippen LogP contribution in [0.3, 0.4) is 0 Å². The first-order valence-electron chi connectivity index (χ1n) is 10.9. The van der Waals surface area contributed by atoms with Gasteiger partial charge in [0.05, 0.1) is 23.7 Å². The quantitative estimate of drug-likeness (QED) is 0.748. The van der Waals surface area contributed by atoms with Crippen LogP contribution in [0.5, 0.6) is 0 Å². The molecule has 1 aromatic rings. The number of carboxylic acids is 1. The number of hydrogen-bond acceptors (Lipinski definition) is 5. The van der Waals surface area contributed by atoms with Gasteiger partial charge < -0.3 is 14.9 Å². The number of aromatic carboxylic acids is 1. The summed E-state index contributed by atoms with van der Waals surface area (Å²) < 4.78 is 0. The number of carbonyl (C=O) groups is 3. The third kappa shape index (κ3) is 3.79. The minimum atomic E-state index is -0.982. The Morgan fingerprint density at radius 3 is 2.77 bits per heavy atom. The molecule has 1 aromatic carbocycles. The molecule has 2 bridgehead atoms. The molecule has 1 N–H and O–H groups in total. The lowest BCUT2D eigenvalue weighted by molar-refractivity contribution is -0.142. The van der Waals surface area contributed by atoms with E-state index in [-0.39, 0.29) is 47.5 Å².